The Balaban J connectivity index is 2.14. The summed E-state index contributed by atoms with van der Waals surface area (Å²) in [6.07, 6.45) is 1.31. The Morgan fingerprint density at radius 2 is 2.08 bits per heavy atom. The van der Waals surface area contributed by atoms with E-state index >= 15 is 0 Å². The number of nitrogen functional groups attached to an aromatic ring is 1. The molecule has 1 amide bonds. The van der Waals surface area contributed by atoms with Crippen molar-refractivity contribution in [2.75, 3.05) is 23.5 Å². The SMILES string of the molecule is COc1ccc(NC(=O)/C(C#N)=C\Nc2cc(C)ccc2N)cc1Cl. The summed E-state index contributed by atoms with van der Waals surface area (Å²) in [6.45, 7) is 1.92. The van der Waals surface area contributed by atoms with E-state index in [4.69, 9.17) is 22.1 Å². The molecule has 0 aliphatic carbocycles. The van der Waals surface area contributed by atoms with Crippen LogP contribution in [-0.4, -0.2) is 13.0 Å². The van der Waals surface area contributed by atoms with Crippen LogP contribution in [0.3, 0.4) is 0 Å². The number of hydrogen-bond donors (Lipinski definition) is 3. The van der Waals surface area contributed by atoms with Gasteiger partial charge < -0.3 is 21.1 Å². The first-order chi connectivity index (χ1) is 11.9. The van der Waals surface area contributed by atoms with Crippen LogP contribution in [0.4, 0.5) is 17.1 Å². The van der Waals surface area contributed by atoms with Gasteiger partial charge in [0, 0.05) is 11.9 Å². The first-order valence-corrected chi connectivity index (χ1v) is 7.70. The standard InChI is InChI=1S/C18H17ClN4O2/c1-11-3-5-15(21)16(7-11)22-10-12(9-20)18(24)23-13-4-6-17(25-2)14(19)8-13/h3-8,10,22H,21H2,1-2H3,(H,23,24)/b12-10-. The normalized spacial score (nSPS) is 10.7. The van der Waals surface area contributed by atoms with Crippen molar-refractivity contribution in [1.82, 2.24) is 0 Å². The lowest BCUT2D eigenvalue weighted by Crippen LogP contribution is -2.14. The third-order valence-electron chi connectivity index (χ3n) is 3.36. The largest absolute Gasteiger partial charge is 0.495 e. The third kappa shape index (κ3) is 4.66. The van der Waals surface area contributed by atoms with Crippen LogP contribution >= 0.6 is 11.6 Å². The van der Waals surface area contributed by atoms with Crippen LogP contribution in [0.2, 0.25) is 5.02 Å². The molecule has 0 fully saturated rings. The summed E-state index contributed by atoms with van der Waals surface area (Å²) < 4.78 is 5.05. The van der Waals surface area contributed by atoms with Gasteiger partial charge in [-0.05, 0) is 42.8 Å². The molecule has 128 valence electrons. The maximum absolute atomic E-state index is 12.2. The molecule has 0 spiro atoms. The number of hydrogen-bond acceptors (Lipinski definition) is 5. The van der Waals surface area contributed by atoms with Gasteiger partial charge in [0.1, 0.15) is 17.4 Å². The number of aryl methyl sites for hydroxylation is 1. The maximum atomic E-state index is 12.2. The number of methoxy groups -OCH3 is 1. The summed E-state index contributed by atoms with van der Waals surface area (Å²) in [4.78, 5) is 12.2. The first-order valence-electron chi connectivity index (χ1n) is 7.32. The number of nitriles is 1. The van der Waals surface area contributed by atoms with E-state index in [0.29, 0.717) is 27.8 Å². The van der Waals surface area contributed by atoms with Crippen molar-refractivity contribution in [3.05, 3.63) is 58.8 Å². The number of carbonyl (C=O) groups excluding carboxylic acids is 1. The van der Waals surface area contributed by atoms with Crippen LogP contribution in [0.25, 0.3) is 0 Å². The topological polar surface area (TPSA) is 100 Å². The van der Waals surface area contributed by atoms with E-state index < -0.39 is 5.91 Å². The van der Waals surface area contributed by atoms with E-state index in [9.17, 15) is 10.1 Å². The average Bonchev–Trinajstić information content (AvgIpc) is 2.58. The van der Waals surface area contributed by atoms with Crippen LogP contribution in [0, 0.1) is 18.3 Å². The van der Waals surface area contributed by atoms with Crippen molar-refractivity contribution in [3.63, 3.8) is 0 Å². The van der Waals surface area contributed by atoms with Crippen molar-refractivity contribution in [2.45, 2.75) is 6.92 Å². The van der Waals surface area contributed by atoms with Gasteiger partial charge in [0.25, 0.3) is 5.91 Å². The minimum atomic E-state index is -0.567. The highest BCUT2D eigenvalue weighted by Crippen LogP contribution is 2.27. The minimum Gasteiger partial charge on any atom is -0.495 e. The summed E-state index contributed by atoms with van der Waals surface area (Å²) in [5.41, 5.74) is 8.34. The number of ether oxygens (including phenoxy) is 1. The Labute approximate surface area is 150 Å². The monoisotopic (exact) mass is 356 g/mol. The second-order valence-electron chi connectivity index (χ2n) is 5.21. The lowest BCUT2D eigenvalue weighted by molar-refractivity contribution is -0.112. The molecule has 0 aromatic heterocycles. The number of anilines is 3. The van der Waals surface area contributed by atoms with Gasteiger partial charge in [-0.25, -0.2) is 0 Å². The van der Waals surface area contributed by atoms with Gasteiger partial charge in [-0.15, -0.1) is 0 Å². The second kappa shape index (κ2) is 8.08. The molecule has 4 N–H and O–H groups in total. The van der Waals surface area contributed by atoms with E-state index in [2.05, 4.69) is 10.6 Å². The fourth-order valence-electron chi connectivity index (χ4n) is 2.04. The van der Waals surface area contributed by atoms with Gasteiger partial charge in [0.05, 0.1) is 23.5 Å². The summed E-state index contributed by atoms with van der Waals surface area (Å²) in [6, 6.07) is 12.1. The van der Waals surface area contributed by atoms with Gasteiger partial charge in [-0.3, -0.25) is 4.79 Å². The summed E-state index contributed by atoms with van der Waals surface area (Å²) in [5, 5.41) is 15.1. The molecular formula is C18H17ClN4O2. The predicted octanol–water partition coefficient (Wildman–Crippen LogP) is 3.70. The van der Waals surface area contributed by atoms with E-state index in [0.717, 1.165) is 5.56 Å². The van der Waals surface area contributed by atoms with E-state index in [1.807, 2.05) is 25.1 Å². The molecule has 2 aromatic carbocycles. The van der Waals surface area contributed by atoms with Gasteiger partial charge in [0.15, 0.2) is 0 Å². The molecule has 6 nitrogen and oxygen atoms in total. The Morgan fingerprint density at radius 1 is 1.32 bits per heavy atom. The molecule has 0 saturated heterocycles. The number of nitrogens with one attached hydrogen (secondary N) is 2. The molecule has 25 heavy (non-hydrogen) atoms. The zero-order valence-corrected chi connectivity index (χ0v) is 14.5. The lowest BCUT2D eigenvalue weighted by Gasteiger charge is -2.09. The van der Waals surface area contributed by atoms with Crippen molar-refractivity contribution in [3.8, 4) is 11.8 Å². The zero-order valence-electron chi connectivity index (χ0n) is 13.8. The highest BCUT2D eigenvalue weighted by atomic mass is 35.5. The van der Waals surface area contributed by atoms with Crippen molar-refractivity contribution >= 4 is 34.6 Å². The smallest absolute Gasteiger partial charge is 0.267 e. The molecule has 0 aliphatic heterocycles. The molecule has 0 bridgehead atoms. The first kappa shape index (κ1) is 18.2. The summed E-state index contributed by atoms with van der Waals surface area (Å²) in [7, 11) is 1.50. The minimum absolute atomic E-state index is 0.104. The van der Waals surface area contributed by atoms with E-state index in [1.54, 1.807) is 24.3 Å². The van der Waals surface area contributed by atoms with Gasteiger partial charge in [-0.1, -0.05) is 17.7 Å². The Morgan fingerprint density at radius 3 is 2.72 bits per heavy atom. The molecular weight excluding hydrogens is 340 g/mol. The predicted molar refractivity (Wildman–Crippen MR) is 99.5 cm³/mol. The Hall–Kier alpha value is -3.17. The molecule has 0 aliphatic rings. The molecule has 0 heterocycles. The van der Waals surface area contributed by atoms with Gasteiger partial charge in [0.2, 0.25) is 0 Å². The van der Waals surface area contributed by atoms with Crippen LogP contribution in [-0.2, 0) is 4.79 Å². The van der Waals surface area contributed by atoms with Crippen LogP contribution in [0.15, 0.2) is 48.2 Å². The highest BCUT2D eigenvalue weighted by molar-refractivity contribution is 6.32. The summed E-state index contributed by atoms with van der Waals surface area (Å²) >= 11 is 6.02. The number of benzene rings is 2. The lowest BCUT2D eigenvalue weighted by atomic mass is 10.2. The average molecular weight is 357 g/mol. The number of nitrogens with two attached hydrogens (primary N) is 1. The Bertz CT molecular complexity index is 872. The quantitative estimate of drug-likeness (QED) is 0.431. The third-order valence-corrected chi connectivity index (χ3v) is 3.65. The molecule has 2 aromatic rings. The van der Waals surface area contributed by atoms with Crippen LogP contribution in [0.5, 0.6) is 5.75 Å². The second-order valence-corrected chi connectivity index (χ2v) is 5.62. The molecule has 0 saturated carbocycles. The molecule has 0 radical (unpaired) electrons. The number of nitrogens with zero attached hydrogens (tertiary/aromatic N) is 1. The molecule has 2 rings (SSSR count). The zero-order chi connectivity index (χ0) is 18.4. The van der Waals surface area contributed by atoms with Gasteiger partial charge >= 0.3 is 0 Å². The number of halogens is 1. The molecule has 0 unspecified atom stereocenters. The van der Waals surface area contributed by atoms with Crippen LogP contribution < -0.4 is 21.1 Å². The van der Waals surface area contributed by atoms with Crippen molar-refractivity contribution in [2.24, 2.45) is 0 Å². The van der Waals surface area contributed by atoms with E-state index in [-0.39, 0.29) is 5.57 Å². The maximum Gasteiger partial charge on any atom is 0.267 e. The molecule has 0 atom stereocenters. The van der Waals surface area contributed by atoms with Crippen molar-refractivity contribution < 1.29 is 9.53 Å². The van der Waals surface area contributed by atoms with Crippen molar-refractivity contribution in [1.29, 1.82) is 5.26 Å². The van der Waals surface area contributed by atoms with E-state index in [1.165, 1.54) is 13.3 Å². The number of carbonyl (C=O) groups is 1. The highest BCUT2D eigenvalue weighted by Gasteiger charge is 2.11. The summed E-state index contributed by atoms with van der Waals surface area (Å²) in [5.74, 6) is -0.0743. The number of amides is 1. The Kier molecular flexibility index (Phi) is 5.88. The van der Waals surface area contributed by atoms with Crippen LogP contribution in [0.1, 0.15) is 5.56 Å². The number of rotatable bonds is 5. The fourth-order valence-corrected chi connectivity index (χ4v) is 2.29. The van der Waals surface area contributed by atoms with Gasteiger partial charge in [-0.2, -0.15) is 5.26 Å². The fraction of sp³-hybridized carbons (Fsp3) is 0.111. The molecule has 7 heteroatoms.